The van der Waals surface area contributed by atoms with Gasteiger partial charge in [0.1, 0.15) is 6.07 Å². The number of hydrogen-bond acceptors (Lipinski definition) is 3. The average molecular weight is 292 g/mol. The Balaban J connectivity index is 1.96. The molecular weight excluding hydrogens is 276 g/mol. The van der Waals surface area contributed by atoms with Crippen LogP contribution in [-0.2, 0) is 0 Å². The van der Waals surface area contributed by atoms with E-state index >= 15 is 0 Å². The molecule has 3 heteroatoms. The molecule has 1 N–H and O–H groups in total. The van der Waals surface area contributed by atoms with Crippen molar-refractivity contribution >= 4 is 27.1 Å². The maximum atomic E-state index is 9.18. The van der Waals surface area contributed by atoms with E-state index in [1.165, 1.54) is 20.5 Å². The van der Waals surface area contributed by atoms with Gasteiger partial charge in [-0.3, -0.25) is 0 Å². The number of anilines is 1. The number of fused-ring (bicyclic) bond motifs is 1. The van der Waals surface area contributed by atoms with Crippen LogP contribution in [0.2, 0.25) is 0 Å². The quantitative estimate of drug-likeness (QED) is 0.715. The lowest BCUT2D eigenvalue weighted by Crippen LogP contribution is -2.07. The molecule has 0 aliphatic rings. The standard InChI is InChI=1S/C18H16N2S/c1-12-15-8-4-6-10-17(15)21-18(12)13(2)20-16-9-5-3-7-14(16)11-19/h3-10,13,20H,1-2H3. The van der Waals surface area contributed by atoms with E-state index in [1.54, 1.807) is 0 Å². The Hall–Kier alpha value is -2.31. The summed E-state index contributed by atoms with van der Waals surface area (Å²) in [6.45, 7) is 4.31. The van der Waals surface area contributed by atoms with Gasteiger partial charge in [0.15, 0.2) is 0 Å². The second kappa shape index (κ2) is 5.59. The Morgan fingerprint density at radius 1 is 1.10 bits per heavy atom. The molecule has 3 rings (SSSR count). The molecule has 0 amide bonds. The van der Waals surface area contributed by atoms with Gasteiger partial charge in [0.2, 0.25) is 0 Å². The van der Waals surface area contributed by atoms with Crippen LogP contribution in [0.1, 0.15) is 29.0 Å². The maximum absolute atomic E-state index is 9.18. The highest BCUT2D eigenvalue weighted by atomic mass is 32.1. The van der Waals surface area contributed by atoms with Crippen molar-refractivity contribution in [2.45, 2.75) is 19.9 Å². The van der Waals surface area contributed by atoms with Crippen molar-refractivity contribution in [3.63, 3.8) is 0 Å². The van der Waals surface area contributed by atoms with Crippen LogP contribution in [0.25, 0.3) is 10.1 Å². The zero-order chi connectivity index (χ0) is 14.8. The van der Waals surface area contributed by atoms with Crippen molar-refractivity contribution in [1.29, 1.82) is 5.26 Å². The molecule has 0 saturated carbocycles. The Kier molecular flexibility index (Phi) is 3.64. The van der Waals surface area contributed by atoms with E-state index in [-0.39, 0.29) is 6.04 Å². The van der Waals surface area contributed by atoms with Crippen molar-refractivity contribution in [1.82, 2.24) is 0 Å². The van der Waals surface area contributed by atoms with Crippen molar-refractivity contribution in [3.8, 4) is 6.07 Å². The minimum absolute atomic E-state index is 0.178. The molecule has 0 fully saturated rings. The highest BCUT2D eigenvalue weighted by molar-refractivity contribution is 7.19. The van der Waals surface area contributed by atoms with Gasteiger partial charge < -0.3 is 5.32 Å². The van der Waals surface area contributed by atoms with Gasteiger partial charge in [0.05, 0.1) is 17.3 Å². The molecule has 3 aromatic rings. The topological polar surface area (TPSA) is 35.8 Å². The van der Waals surface area contributed by atoms with Crippen molar-refractivity contribution in [3.05, 3.63) is 64.5 Å². The fraction of sp³-hybridized carbons (Fsp3) is 0.167. The maximum Gasteiger partial charge on any atom is 0.101 e. The number of para-hydroxylation sites is 1. The fourth-order valence-electron chi connectivity index (χ4n) is 2.61. The minimum atomic E-state index is 0.178. The third kappa shape index (κ3) is 2.51. The zero-order valence-electron chi connectivity index (χ0n) is 12.1. The first kappa shape index (κ1) is 13.7. The number of nitriles is 1. The molecule has 104 valence electrons. The molecule has 0 radical (unpaired) electrons. The number of benzene rings is 2. The summed E-state index contributed by atoms with van der Waals surface area (Å²) in [6.07, 6.45) is 0. The van der Waals surface area contributed by atoms with Gasteiger partial charge in [-0.15, -0.1) is 11.3 Å². The number of hydrogen-bond donors (Lipinski definition) is 1. The lowest BCUT2D eigenvalue weighted by molar-refractivity contribution is 0.899. The molecule has 0 spiro atoms. The minimum Gasteiger partial charge on any atom is -0.377 e. The summed E-state index contributed by atoms with van der Waals surface area (Å²) in [5.41, 5.74) is 2.90. The van der Waals surface area contributed by atoms with Gasteiger partial charge in [0.25, 0.3) is 0 Å². The molecule has 2 nitrogen and oxygen atoms in total. The SMILES string of the molecule is Cc1c(C(C)Nc2ccccc2C#N)sc2ccccc12. The summed E-state index contributed by atoms with van der Waals surface area (Å²) in [7, 11) is 0. The third-order valence-electron chi connectivity index (χ3n) is 3.69. The monoisotopic (exact) mass is 292 g/mol. The fourth-order valence-corrected chi connectivity index (χ4v) is 3.82. The summed E-state index contributed by atoms with van der Waals surface area (Å²) in [4.78, 5) is 1.32. The van der Waals surface area contributed by atoms with Crippen molar-refractivity contribution in [2.75, 3.05) is 5.32 Å². The van der Waals surface area contributed by atoms with E-state index in [4.69, 9.17) is 0 Å². The Morgan fingerprint density at radius 2 is 1.81 bits per heavy atom. The van der Waals surface area contributed by atoms with Gasteiger partial charge >= 0.3 is 0 Å². The second-order valence-corrected chi connectivity index (χ2v) is 6.19. The normalized spacial score (nSPS) is 12.0. The van der Waals surface area contributed by atoms with E-state index in [1.807, 2.05) is 35.6 Å². The molecule has 1 unspecified atom stereocenters. The smallest absolute Gasteiger partial charge is 0.101 e. The van der Waals surface area contributed by atoms with Crippen LogP contribution in [0.3, 0.4) is 0 Å². The van der Waals surface area contributed by atoms with Crippen LogP contribution in [0.5, 0.6) is 0 Å². The predicted octanol–water partition coefficient (Wildman–Crippen LogP) is 5.25. The lowest BCUT2D eigenvalue weighted by Gasteiger charge is -2.16. The van der Waals surface area contributed by atoms with Crippen LogP contribution in [-0.4, -0.2) is 0 Å². The van der Waals surface area contributed by atoms with Crippen molar-refractivity contribution in [2.24, 2.45) is 0 Å². The molecule has 0 saturated heterocycles. The summed E-state index contributed by atoms with van der Waals surface area (Å²) in [5.74, 6) is 0. The Bertz CT molecular complexity index is 827. The molecule has 21 heavy (non-hydrogen) atoms. The van der Waals surface area contributed by atoms with Gasteiger partial charge in [-0.25, -0.2) is 0 Å². The molecule has 0 bridgehead atoms. The van der Waals surface area contributed by atoms with Gasteiger partial charge in [0, 0.05) is 9.58 Å². The molecule has 0 aliphatic carbocycles. The average Bonchev–Trinajstić information content (AvgIpc) is 2.85. The van der Waals surface area contributed by atoms with E-state index in [0.717, 1.165) is 5.69 Å². The summed E-state index contributed by atoms with van der Waals surface area (Å²) >= 11 is 1.82. The Labute approximate surface area is 128 Å². The van der Waals surface area contributed by atoms with E-state index < -0.39 is 0 Å². The lowest BCUT2D eigenvalue weighted by atomic mass is 10.1. The van der Waals surface area contributed by atoms with Gasteiger partial charge in [-0.05, 0) is 43.0 Å². The molecule has 1 atom stereocenters. The first-order valence-electron chi connectivity index (χ1n) is 6.94. The summed E-state index contributed by atoms with van der Waals surface area (Å²) in [6, 6.07) is 18.5. The number of rotatable bonds is 3. The number of nitrogens with one attached hydrogen (secondary N) is 1. The molecule has 0 aliphatic heterocycles. The molecule has 1 aromatic heterocycles. The van der Waals surface area contributed by atoms with Crippen molar-refractivity contribution < 1.29 is 0 Å². The number of aryl methyl sites for hydroxylation is 1. The third-order valence-corrected chi connectivity index (χ3v) is 5.15. The van der Waals surface area contributed by atoms with E-state index in [2.05, 4.69) is 49.5 Å². The van der Waals surface area contributed by atoms with Gasteiger partial charge in [-0.1, -0.05) is 30.3 Å². The largest absolute Gasteiger partial charge is 0.377 e. The summed E-state index contributed by atoms with van der Waals surface area (Å²) in [5, 5.41) is 14.0. The van der Waals surface area contributed by atoms with E-state index in [0.29, 0.717) is 5.56 Å². The summed E-state index contributed by atoms with van der Waals surface area (Å²) < 4.78 is 1.31. The first-order chi connectivity index (χ1) is 10.2. The molecule has 2 aromatic carbocycles. The first-order valence-corrected chi connectivity index (χ1v) is 7.76. The Morgan fingerprint density at radius 3 is 2.57 bits per heavy atom. The zero-order valence-corrected chi connectivity index (χ0v) is 12.9. The van der Waals surface area contributed by atoms with Crippen LogP contribution < -0.4 is 5.32 Å². The molecule has 1 heterocycles. The highest BCUT2D eigenvalue weighted by Gasteiger charge is 2.15. The van der Waals surface area contributed by atoms with Crippen LogP contribution >= 0.6 is 11.3 Å². The second-order valence-electron chi connectivity index (χ2n) is 5.11. The number of nitrogens with zero attached hydrogens (tertiary/aromatic N) is 1. The van der Waals surface area contributed by atoms with Crippen LogP contribution in [0, 0.1) is 18.3 Å². The molecular formula is C18H16N2S. The number of thiophene rings is 1. The van der Waals surface area contributed by atoms with Crippen LogP contribution in [0.15, 0.2) is 48.5 Å². The van der Waals surface area contributed by atoms with Crippen LogP contribution in [0.4, 0.5) is 5.69 Å². The highest BCUT2D eigenvalue weighted by Crippen LogP contribution is 2.36. The van der Waals surface area contributed by atoms with Gasteiger partial charge in [-0.2, -0.15) is 5.26 Å². The van der Waals surface area contributed by atoms with E-state index in [9.17, 15) is 5.26 Å². The predicted molar refractivity (Wildman–Crippen MR) is 89.8 cm³/mol.